The molecule has 0 saturated carbocycles. The van der Waals surface area contributed by atoms with Crippen LogP contribution in [0, 0.1) is 0 Å². The summed E-state index contributed by atoms with van der Waals surface area (Å²) in [5.74, 6) is 0.884. The monoisotopic (exact) mass is 214 g/mol. The van der Waals surface area contributed by atoms with Crippen LogP contribution in [-0.2, 0) is 4.74 Å². The Balaban J connectivity index is 2.71. The van der Waals surface area contributed by atoms with Crippen molar-refractivity contribution in [1.29, 1.82) is 0 Å². The normalized spacial score (nSPS) is 13.2. The SMILES string of the molecule is C\C=C(/C=C(C)/C=C/c1ccccc1)OC. The number of rotatable bonds is 4. The molecule has 0 fully saturated rings. The average Bonchev–Trinajstić information content (AvgIpc) is 2.34. The van der Waals surface area contributed by atoms with E-state index in [9.17, 15) is 0 Å². The molecule has 1 rings (SSSR count). The van der Waals surface area contributed by atoms with Crippen molar-refractivity contribution in [2.75, 3.05) is 7.11 Å². The Morgan fingerprint density at radius 1 is 1.19 bits per heavy atom. The van der Waals surface area contributed by atoms with Crippen LogP contribution in [0.1, 0.15) is 19.4 Å². The summed E-state index contributed by atoms with van der Waals surface area (Å²) < 4.78 is 5.17. The minimum absolute atomic E-state index is 0.884. The molecule has 1 aromatic carbocycles. The fourth-order valence-electron chi connectivity index (χ4n) is 1.32. The minimum atomic E-state index is 0.884. The summed E-state index contributed by atoms with van der Waals surface area (Å²) in [4.78, 5) is 0. The first-order valence-electron chi connectivity index (χ1n) is 5.38. The number of allylic oxidation sites excluding steroid dienone is 4. The molecule has 1 nitrogen and oxygen atoms in total. The van der Waals surface area contributed by atoms with Crippen LogP contribution in [0.2, 0.25) is 0 Å². The first-order chi connectivity index (χ1) is 7.76. The molecular weight excluding hydrogens is 196 g/mol. The molecule has 0 unspecified atom stereocenters. The summed E-state index contributed by atoms with van der Waals surface area (Å²) in [6, 6.07) is 10.2. The predicted molar refractivity (Wildman–Crippen MR) is 70.0 cm³/mol. The van der Waals surface area contributed by atoms with Gasteiger partial charge in [0.25, 0.3) is 0 Å². The lowest BCUT2D eigenvalue weighted by atomic mass is 10.1. The van der Waals surface area contributed by atoms with Crippen LogP contribution in [0.25, 0.3) is 6.08 Å². The fraction of sp³-hybridized carbons (Fsp3) is 0.200. The van der Waals surface area contributed by atoms with E-state index in [-0.39, 0.29) is 0 Å². The van der Waals surface area contributed by atoms with Crippen LogP contribution >= 0.6 is 0 Å². The van der Waals surface area contributed by atoms with Gasteiger partial charge in [0.2, 0.25) is 0 Å². The third-order valence-corrected chi connectivity index (χ3v) is 2.23. The van der Waals surface area contributed by atoms with E-state index in [1.165, 1.54) is 11.1 Å². The highest BCUT2D eigenvalue weighted by molar-refractivity contribution is 5.52. The van der Waals surface area contributed by atoms with Crippen LogP contribution in [0.15, 0.2) is 59.9 Å². The van der Waals surface area contributed by atoms with E-state index in [0.29, 0.717) is 0 Å². The minimum Gasteiger partial charge on any atom is -0.497 e. The van der Waals surface area contributed by atoms with Gasteiger partial charge in [-0.2, -0.15) is 0 Å². The average molecular weight is 214 g/mol. The Morgan fingerprint density at radius 2 is 1.88 bits per heavy atom. The van der Waals surface area contributed by atoms with E-state index >= 15 is 0 Å². The van der Waals surface area contributed by atoms with E-state index in [4.69, 9.17) is 4.74 Å². The molecule has 84 valence electrons. The van der Waals surface area contributed by atoms with Gasteiger partial charge in [0, 0.05) is 0 Å². The molecule has 0 bridgehead atoms. The molecule has 0 saturated heterocycles. The third kappa shape index (κ3) is 4.18. The molecule has 0 aliphatic rings. The molecule has 0 spiro atoms. The second-order valence-electron chi connectivity index (χ2n) is 3.53. The number of hydrogen-bond donors (Lipinski definition) is 0. The van der Waals surface area contributed by atoms with E-state index < -0.39 is 0 Å². The van der Waals surface area contributed by atoms with Crippen molar-refractivity contribution in [1.82, 2.24) is 0 Å². The lowest BCUT2D eigenvalue weighted by Gasteiger charge is -1.99. The van der Waals surface area contributed by atoms with Gasteiger partial charge in [0.1, 0.15) is 5.76 Å². The lowest BCUT2D eigenvalue weighted by Crippen LogP contribution is -1.81. The Morgan fingerprint density at radius 3 is 2.44 bits per heavy atom. The van der Waals surface area contributed by atoms with Gasteiger partial charge in [-0.25, -0.2) is 0 Å². The van der Waals surface area contributed by atoms with E-state index in [2.05, 4.69) is 31.2 Å². The highest BCUT2D eigenvalue weighted by atomic mass is 16.5. The van der Waals surface area contributed by atoms with Gasteiger partial charge >= 0.3 is 0 Å². The summed E-state index contributed by atoms with van der Waals surface area (Å²) in [6.07, 6.45) is 8.13. The molecule has 0 amide bonds. The van der Waals surface area contributed by atoms with E-state index in [1.54, 1.807) is 7.11 Å². The van der Waals surface area contributed by atoms with Gasteiger partial charge in [-0.05, 0) is 37.1 Å². The highest BCUT2D eigenvalue weighted by Gasteiger charge is 1.89. The molecule has 1 heteroatoms. The molecular formula is C15H18O. The lowest BCUT2D eigenvalue weighted by molar-refractivity contribution is 0.306. The van der Waals surface area contributed by atoms with Crippen molar-refractivity contribution in [3.63, 3.8) is 0 Å². The van der Waals surface area contributed by atoms with E-state index in [0.717, 1.165) is 5.76 Å². The first kappa shape index (κ1) is 12.3. The van der Waals surface area contributed by atoms with Crippen molar-refractivity contribution in [3.05, 3.63) is 65.5 Å². The molecule has 1 aromatic rings. The van der Waals surface area contributed by atoms with Crippen molar-refractivity contribution in [2.24, 2.45) is 0 Å². The standard InChI is InChI=1S/C15H18O/c1-4-15(16-3)12-13(2)10-11-14-8-6-5-7-9-14/h4-12H,1-3H3/b11-10+,13-12+,15-4+. The van der Waals surface area contributed by atoms with Crippen molar-refractivity contribution in [3.8, 4) is 0 Å². The van der Waals surface area contributed by atoms with Gasteiger partial charge in [0.15, 0.2) is 0 Å². The van der Waals surface area contributed by atoms with Crippen LogP contribution in [0.3, 0.4) is 0 Å². The molecule has 0 radical (unpaired) electrons. The van der Waals surface area contributed by atoms with Crippen molar-refractivity contribution in [2.45, 2.75) is 13.8 Å². The smallest absolute Gasteiger partial charge is 0.114 e. The maximum absolute atomic E-state index is 5.17. The summed E-state index contributed by atoms with van der Waals surface area (Å²) in [5.41, 5.74) is 2.37. The van der Waals surface area contributed by atoms with Crippen molar-refractivity contribution >= 4 is 6.08 Å². The van der Waals surface area contributed by atoms with Crippen LogP contribution < -0.4 is 0 Å². The number of methoxy groups -OCH3 is 1. The Labute approximate surface area is 97.8 Å². The summed E-state index contributed by atoms with van der Waals surface area (Å²) in [6.45, 7) is 4.02. The Hall–Kier alpha value is -1.76. The van der Waals surface area contributed by atoms with E-state index in [1.807, 2.05) is 37.3 Å². The van der Waals surface area contributed by atoms with Crippen molar-refractivity contribution < 1.29 is 4.74 Å². The largest absolute Gasteiger partial charge is 0.497 e. The molecule has 0 heterocycles. The Bertz CT molecular complexity index is 397. The summed E-state index contributed by atoms with van der Waals surface area (Å²) in [7, 11) is 1.68. The number of benzene rings is 1. The topological polar surface area (TPSA) is 9.23 Å². The third-order valence-electron chi connectivity index (χ3n) is 2.23. The molecule has 0 aliphatic carbocycles. The van der Waals surface area contributed by atoms with Gasteiger partial charge in [0.05, 0.1) is 7.11 Å². The fourth-order valence-corrected chi connectivity index (χ4v) is 1.32. The highest BCUT2D eigenvalue weighted by Crippen LogP contribution is 2.07. The maximum atomic E-state index is 5.17. The maximum Gasteiger partial charge on any atom is 0.114 e. The zero-order valence-electron chi connectivity index (χ0n) is 10.1. The predicted octanol–water partition coefficient (Wildman–Crippen LogP) is 4.20. The first-order valence-corrected chi connectivity index (χ1v) is 5.38. The number of hydrogen-bond acceptors (Lipinski definition) is 1. The second-order valence-corrected chi connectivity index (χ2v) is 3.53. The molecule has 0 atom stereocenters. The quantitative estimate of drug-likeness (QED) is 0.539. The number of ether oxygens (including phenoxy) is 1. The van der Waals surface area contributed by atoms with Gasteiger partial charge in [-0.1, -0.05) is 42.5 Å². The Kier molecular flexibility index (Phi) is 5.13. The van der Waals surface area contributed by atoms with Gasteiger partial charge in [-0.15, -0.1) is 0 Å². The summed E-state index contributed by atoms with van der Waals surface area (Å²) in [5, 5.41) is 0. The molecule has 0 aliphatic heterocycles. The molecule has 0 aromatic heterocycles. The zero-order chi connectivity index (χ0) is 11.8. The molecule has 16 heavy (non-hydrogen) atoms. The van der Waals surface area contributed by atoms with Crippen LogP contribution in [0.4, 0.5) is 0 Å². The second kappa shape index (κ2) is 6.67. The van der Waals surface area contributed by atoms with Gasteiger partial charge in [-0.3, -0.25) is 0 Å². The zero-order valence-corrected chi connectivity index (χ0v) is 10.1. The summed E-state index contributed by atoms with van der Waals surface area (Å²) >= 11 is 0. The van der Waals surface area contributed by atoms with Crippen LogP contribution in [-0.4, -0.2) is 7.11 Å². The molecule has 0 N–H and O–H groups in total. The van der Waals surface area contributed by atoms with Gasteiger partial charge < -0.3 is 4.74 Å². The van der Waals surface area contributed by atoms with Crippen LogP contribution in [0.5, 0.6) is 0 Å².